The van der Waals surface area contributed by atoms with Gasteiger partial charge in [-0.2, -0.15) is 0 Å². The summed E-state index contributed by atoms with van der Waals surface area (Å²) in [5.41, 5.74) is 0.653. The summed E-state index contributed by atoms with van der Waals surface area (Å²) in [6.45, 7) is 2.48. The van der Waals surface area contributed by atoms with Gasteiger partial charge in [0, 0.05) is 18.7 Å². The number of carbonyl (C=O) groups is 2. The second kappa shape index (κ2) is 9.48. The average Bonchev–Trinajstić information content (AvgIpc) is 2.64. The monoisotopic (exact) mass is 381 g/mol. The third kappa shape index (κ3) is 5.14. The molecule has 1 amide bonds. The highest BCUT2D eigenvalue weighted by molar-refractivity contribution is 6.32. The van der Waals surface area contributed by atoms with E-state index in [1.54, 1.807) is 23.1 Å². The molecule has 6 nitrogen and oxygen atoms in total. The number of esters is 1. The van der Waals surface area contributed by atoms with Gasteiger partial charge in [0.15, 0.2) is 18.1 Å². The van der Waals surface area contributed by atoms with E-state index in [0.717, 1.165) is 25.8 Å². The number of methoxy groups -OCH3 is 2. The maximum Gasteiger partial charge on any atom is 0.331 e. The highest BCUT2D eigenvalue weighted by Crippen LogP contribution is 2.36. The normalized spacial score (nSPS) is 17.2. The molecular weight excluding hydrogens is 358 g/mol. The number of amides is 1. The van der Waals surface area contributed by atoms with Gasteiger partial charge in [-0.25, -0.2) is 4.79 Å². The Hall–Kier alpha value is -2.21. The lowest BCUT2D eigenvalue weighted by Gasteiger charge is -2.33. The smallest absolute Gasteiger partial charge is 0.331 e. The number of hydrogen-bond acceptors (Lipinski definition) is 5. The third-order valence-corrected chi connectivity index (χ3v) is 4.61. The molecule has 0 saturated carbocycles. The molecule has 0 N–H and O–H groups in total. The summed E-state index contributed by atoms with van der Waals surface area (Å²) in [6.07, 6.45) is 5.90. The van der Waals surface area contributed by atoms with Gasteiger partial charge >= 0.3 is 5.97 Å². The van der Waals surface area contributed by atoms with Crippen LogP contribution in [0.4, 0.5) is 0 Å². The first kappa shape index (κ1) is 20.1. The third-order valence-electron chi connectivity index (χ3n) is 4.33. The molecule has 1 aliphatic rings. The van der Waals surface area contributed by atoms with Crippen molar-refractivity contribution in [2.45, 2.75) is 32.2 Å². The van der Waals surface area contributed by atoms with Crippen LogP contribution in [0.15, 0.2) is 18.2 Å². The van der Waals surface area contributed by atoms with Crippen molar-refractivity contribution in [3.05, 3.63) is 28.8 Å². The second-order valence-corrected chi connectivity index (χ2v) is 6.52. The van der Waals surface area contributed by atoms with Crippen molar-refractivity contribution < 1.29 is 23.8 Å². The van der Waals surface area contributed by atoms with Gasteiger partial charge in [-0.1, -0.05) is 11.6 Å². The molecular formula is C19H24ClNO5. The summed E-state index contributed by atoms with van der Waals surface area (Å²) in [7, 11) is 3.00. The van der Waals surface area contributed by atoms with Gasteiger partial charge in [-0.3, -0.25) is 4.79 Å². The topological polar surface area (TPSA) is 65.1 Å². The van der Waals surface area contributed by atoms with Crippen molar-refractivity contribution in [1.82, 2.24) is 4.90 Å². The van der Waals surface area contributed by atoms with E-state index in [0.29, 0.717) is 22.1 Å². The van der Waals surface area contributed by atoms with Crippen molar-refractivity contribution in [2.75, 3.05) is 27.4 Å². The van der Waals surface area contributed by atoms with Crippen LogP contribution in [0, 0.1) is 0 Å². The molecule has 0 unspecified atom stereocenters. The molecule has 0 aliphatic carbocycles. The lowest BCUT2D eigenvalue weighted by Crippen LogP contribution is -2.44. The molecule has 0 bridgehead atoms. The van der Waals surface area contributed by atoms with Gasteiger partial charge in [0.2, 0.25) is 0 Å². The molecule has 1 aromatic carbocycles. The molecule has 0 spiro atoms. The van der Waals surface area contributed by atoms with Crippen molar-refractivity contribution in [3.8, 4) is 11.5 Å². The van der Waals surface area contributed by atoms with Crippen LogP contribution < -0.4 is 9.47 Å². The minimum Gasteiger partial charge on any atom is -0.493 e. The number of hydrogen-bond donors (Lipinski definition) is 0. The van der Waals surface area contributed by atoms with E-state index in [9.17, 15) is 9.59 Å². The predicted octanol–water partition coefficient (Wildman–Crippen LogP) is 3.31. The van der Waals surface area contributed by atoms with Crippen LogP contribution >= 0.6 is 11.6 Å². The van der Waals surface area contributed by atoms with Crippen LogP contribution in [-0.4, -0.2) is 50.2 Å². The van der Waals surface area contributed by atoms with Crippen LogP contribution in [0.1, 0.15) is 31.7 Å². The molecule has 2 rings (SSSR count). The molecule has 7 heteroatoms. The molecule has 26 heavy (non-hydrogen) atoms. The lowest BCUT2D eigenvalue weighted by atomic mass is 10.0. The Morgan fingerprint density at radius 3 is 2.69 bits per heavy atom. The van der Waals surface area contributed by atoms with Crippen LogP contribution in [0.2, 0.25) is 5.02 Å². The van der Waals surface area contributed by atoms with Gasteiger partial charge in [0.25, 0.3) is 5.91 Å². The number of rotatable bonds is 6. The van der Waals surface area contributed by atoms with Gasteiger partial charge in [0.05, 0.1) is 19.2 Å². The number of benzene rings is 1. The summed E-state index contributed by atoms with van der Waals surface area (Å²) < 4.78 is 15.4. The fourth-order valence-electron chi connectivity index (χ4n) is 2.93. The van der Waals surface area contributed by atoms with Gasteiger partial charge in [-0.15, -0.1) is 0 Å². The van der Waals surface area contributed by atoms with Crippen molar-refractivity contribution in [3.63, 3.8) is 0 Å². The van der Waals surface area contributed by atoms with Crippen LogP contribution in [0.25, 0.3) is 6.08 Å². The van der Waals surface area contributed by atoms with Crippen molar-refractivity contribution >= 4 is 29.6 Å². The van der Waals surface area contributed by atoms with E-state index in [4.69, 9.17) is 25.8 Å². The number of nitrogens with zero attached hydrogens (tertiary/aromatic N) is 1. The van der Waals surface area contributed by atoms with Crippen LogP contribution in [0.3, 0.4) is 0 Å². The van der Waals surface area contributed by atoms with Gasteiger partial charge in [-0.05, 0) is 50.0 Å². The number of ether oxygens (including phenoxy) is 3. The Bertz CT molecular complexity index is 689. The molecule has 0 aromatic heterocycles. The predicted molar refractivity (Wildman–Crippen MR) is 99.6 cm³/mol. The van der Waals surface area contributed by atoms with E-state index in [2.05, 4.69) is 0 Å². The standard InChI is InChI=1S/C19H24ClNO5/c1-13-6-4-5-9-21(13)17(22)12-26-18(23)8-7-14-10-15(20)19(25-3)16(11-14)24-2/h7-8,10-11,13H,4-6,9,12H2,1-3H3/b8-7+/t13-/m1/s1. The quantitative estimate of drug-likeness (QED) is 0.558. The van der Waals surface area contributed by atoms with Crippen LogP contribution in [-0.2, 0) is 14.3 Å². The Balaban J connectivity index is 1.93. The zero-order valence-corrected chi connectivity index (χ0v) is 16.0. The highest BCUT2D eigenvalue weighted by atomic mass is 35.5. The molecule has 1 aromatic rings. The maximum atomic E-state index is 12.2. The zero-order valence-electron chi connectivity index (χ0n) is 15.3. The first-order valence-electron chi connectivity index (χ1n) is 8.52. The second-order valence-electron chi connectivity index (χ2n) is 6.11. The fraction of sp³-hybridized carbons (Fsp3) is 0.474. The average molecular weight is 382 g/mol. The first-order valence-corrected chi connectivity index (χ1v) is 8.90. The van der Waals surface area contributed by atoms with Crippen LogP contribution in [0.5, 0.6) is 11.5 Å². The highest BCUT2D eigenvalue weighted by Gasteiger charge is 2.23. The zero-order chi connectivity index (χ0) is 19.1. The largest absolute Gasteiger partial charge is 0.493 e. The SMILES string of the molecule is COc1cc(/C=C/C(=O)OCC(=O)N2CCCC[C@H]2C)cc(Cl)c1OC. The molecule has 1 atom stereocenters. The summed E-state index contributed by atoms with van der Waals surface area (Å²) in [4.78, 5) is 25.8. The Morgan fingerprint density at radius 2 is 2.04 bits per heavy atom. The summed E-state index contributed by atoms with van der Waals surface area (Å²) in [6, 6.07) is 3.53. The molecule has 1 fully saturated rings. The van der Waals surface area contributed by atoms with E-state index in [-0.39, 0.29) is 18.6 Å². The summed E-state index contributed by atoms with van der Waals surface area (Å²) in [5.74, 6) is 0.138. The Morgan fingerprint density at radius 1 is 1.27 bits per heavy atom. The van der Waals surface area contributed by atoms with E-state index in [1.807, 2.05) is 6.92 Å². The van der Waals surface area contributed by atoms with Gasteiger partial charge < -0.3 is 19.1 Å². The molecule has 142 valence electrons. The Kier molecular flexibility index (Phi) is 7.33. The molecule has 0 radical (unpaired) electrons. The summed E-state index contributed by atoms with van der Waals surface area (Å²) in [5, 5.41) is 0.370. The summed E-state index contributed by atoms with van der Waals surface area (Å²) >= 11 is 6.13. The molecule has 1 aliphatic heterocycles. The van der Waals surface area contributed by atoms with E-state index < -0.39 is 5.97 Å². The Labute approximate surface area is 158 Å². The molecule has 1 saturated heterocycles. The van der Waals surface area contributed by atoms with Gasteiger partial charge in [0.1, 0.15) is 0 Å². The first-order chi connectivity index (χ1) is 12.5. The number of piperidine rings is 1. The number of halogens is 1. The van der Waals surface area contributed by atoms with E-state index >= 15 is 0 Å². The molecule has 1 heterocycles. The van der Waals surface area contributed by atoms with Crippen molar-refractivity contribution in [2.24, 2.45) is 0 Å². The maximum absolute atomic E-state index is 12.2. The number of carbonyl (C=O) groups excluding carboxylic acids is 2. The minimum absolute atomic E-state index is 0.159. The fourth-order valence-corrected chi connectivity index (χ4v) is 3.23. The minimum atomic E-state index is -0.589. The lowest BCUT2D eigenvalue weighted by molar-refractivity contribution is -0.149. The van der Waals surface area contributed by atoms with Crippen molar-refractivity contribution in [1.29, 1.82) is 0 Å². The van der Waals surface area contributed by atoms with E-state index in [1.165, 1.54) is 20.3 Å². The number of likely N-dealkylation sites (tertiary alicyclic amines) is 1.